The molecule has 3 nitrogen and oxygen atoms in total. The molecule has 18 heavy (non-hydrogen) atoms. The summed E-state index contributed by atoms with van der Waals surface area (Å²) in [6.07, 6.45) is 0. The molecule has 1 amide bonds. The van der Waals surface area contributed by atoms with Crippen LogP contribution in [0.25, 0.3) is 0 Å². The molecule has 0 aliphatic heterocycles. The molecular formula is C14H23ClN2O. The van der Waals surface area contributed by atoms with Crippen molar-refractivity contribution in [2.75, 3.05) is 6.54 Å². The summed E-state index contributed by atoms with van der Waals surface area (Å²) >= 11 is 0. The number of nitrogens with one attached hydrogen (secondary N) is 1. The van der Waals surface area contributed by atoms with E-state index in [0.29, 0.717) is 12.1 Å². The summed E-state index contributed by atoms with van der Waals surface area (Å²) < 4.78 is 0. The number of carbonyl (C=O) groups is 1. The van der Waals surface area contributed by atoms with Crippen LogP contribution in [0.3, 0.4) is 0 Å². The van der Waals surface area contributed by atoms with Gasteiger partial charge in [-0.3, -0.25) is 4.79 Å². The highest BCUT2D eigenvalue weighted by molar-refractivity contribution is 5.94. The van der Waals surface area contributed by atoms with E-state index in [0.717, 1.165) is 0 Å². The van der Waals surface area contributed by atoms with Crippen LogP contribution in [0.5, 0.6) is 0 Å². The predicted octanol–water partition coefficient (Wildman–Crippen LogP) is 2.48. The maximum atomic E-state index is 11.8. The summed E-state index contributed by atoms with van der Waals surface area (Å²) in [5.74, 6) is -0.0663. The number of carbonyl (C=O) groups excluding carboxylic acids is 1. The van der Waals surface area contributed by atoms with Gasteiger partial charge in [-0.1, -0.05) is 32.9 Å². The largest absolute Gasteiger partial charge is 0.348 e. The van der Waals surface area contributed by atoms with Gasteiger partial charge in [0.2, 0.25) is 0 Å². The lowest BCUT2D eigenvalue weighted by Crippen LogP contribution is -2.37. The Morgan fingerprint density at radius 3 is 2.17 bits per heavy atom. The standard InChI is InChI=1S/C14H22N2O.ClH/c1-10(9-15)16-13(17)11-5-7-12(8-6-11)14(2,3)4;/h5-8,10H,9,15H2,1-4H3,(H,16,17);1H/t10-;/m0./s1. The molecule has 0 aliphatic carbocycles. The highest BCUT2D eigenvalue weighted by atomic mass is 35.5. The van der Waals surface area contributed by atoms with Crippen molar-refractivity contribution in [3.05, 3.63) is 35.4 Å². The highest BCUT2D eigenvalue weighted by Crippen LogP contribution is 2.22. The fourth-order valence-corrected chi connectivity index (χ4v) is 1.49. The van der Waals surface area contributed by atoms with Crippen molar-refractivity contribution in [1.82, 2.24) is 5.32 Å². The normalized spacial score (nSPS) is 12.5. The third kappa shape index (κ3) is 4.67. The minimum atomic E-state index is -0.0663. The van der Waals surface area contributed by atoms with Gasteiger partial charge >= 0.3 is 0 Å². The average molecular weight is 271 g/mol. The molecule has 1 rings (SSSR count). The van der Waals surface area contributed by atoms with E-state index in [1.165, 1.54) is 5.56 Å². The molecule has 0 aromatic heterocycles. The number of hydrogen-bond acceptors (Lipinski definition) is 2. The summed E-state index contributed by atoms with van der Waals surface area (Å²) in [7, 11) is 0. The van der Waals surface area contributed by atoms with E-state index in [4.69, 9.17) is 5.73 Å². The maximum Gasteiger partial charge on any atom is 0.251 e. The second-order valence-corrected chi connectivity index (χ2v) is 5.44. The van der Waals surface area contributed by atoms with Crippen molar-refractivity contribution in [1.29, 1.82) is 0 Å². The monoisotopic (exact) mass is 270 g/mol. The molecule has 0 saturated heterocycles. The van der Waals surface area contributed by atoms with Crippen molar-refractivity contribution >= 4 is 18.3 Å². The number of amides is 1. The molecule has 102 valence electrons. The molecule has 0 saturated carbocycles. The Labute approximate surface area is 116 Å². The molecule has 3 N–H and O–H groups in total. The van der Waals surface area contributed by atoms with Gasteiger partial charge in [0.05, 0.1) is 0 Å². The van der Waals surface area contributed by atoms with E-state index in [2.05, 4.69) is 26.1 Å². The van der Waals surface area contributed by atoms with E-state index in [1.807, 2.05) is 31.2 Å². The van der Waals surface area contributed by atoms with Gasteiger partial charge in [-0.05, 0) is 30.0 Å². The highest BCUT2D eigenvalue weighted by Gasteiger charge is 2.14. The van der Waals surface area contributed by atoms with Gasteiger partial charge in [0.1, 0.15) is 0 Å². The van der Waals surface area contributed by atoms with Gasteiger partial charge in [0.25, 0.3) is 5.91 Å². The quantitative estimate of drug-likeness (QED) is 0.887. The Balaban J connectivity index is 0.00000289. The first-order chi connectivity index (χ1) is 7.84. The molecule has 0 aliphatic rings. The molecule has 1 atom stereocenters. The Bertz CT molecular complexity index is 382. The number of halogens is 1. The fourth-order valence-electron chi connectivity index (χ4n) is 1.49. The lowest BCUT2D eigenvalue weighted by Gasteiger charge is -2.19. The van der Waals surface area contributed by atoms with Gasteiger partial charge < -0.3 is 11.1 Å². The number of benzene rings is 1. The predicted molar refractivity (Wildman–Crippen MR) is 78.4 cm³/mol. The molecule has 1 aromatic carbocycles. The Morgan fingerprint density at radius 2 is 1.78 bits per heavy atom. The second kappa shape index (κ2) is 6.76. The lowest BCUT2D eigenvalue weighted by atomic mass is 9.86. The van der Waals surface area contributed by atoms with Crippen molar-refractivity contribution in [3.8, 4) is 0 Å². The van der Waals surface area contributed by atoms with Crippen molar-refractivity contribution in [2.45, 2.75) is 39.2 Å². The molecule has 0 bridgehead atoms. The second-order valence-electron chi connectivity index (χ2n) is 5.44. The molecule has 0 radical (unpaired) electrons. The zero-order valence-corrected chi connectivity index (χ0v) is 12.3. The Kier molecular flexibility index (Phi) is 6.36. The van der Waals surface area contributed by atoms with Gasteiger partial charge in [-0.2, -0.15) is 0 Å². The summed E-state index contributed by atoms with van der Waals surface area (Å²) in [6.45, 7) is 8.79. The summed E-state index contributed by atoms with van der Waals surface area (Å²) in [6, 6.07) is 7.73. The molecule has 1 aromatic rings. The van der Waals surface area contributed by atoms with E-state index >= 15 is 0 Å². The molecular weight excluding hydrogens is 248 g/mol. The van der Waals surface area contributed by atoms with Crippen LogP contribution in [0.4, 0.5) is 0 Å². The van der Waals surface area contributed by atoms with Crippen LogP contribution >= 0.6 is 12.4 Å². The zero-order valence-electron chi connectivity index (χ0n) is 11.5. The van der Waals surface area contributed by atoms with Crippen molar-refractivity contribution in [3.63, 3.8) is 0 Å². The van der Waals surface area contributed by atoms with Crippen LogP contribution in [-0.2, 0) is 5.41 Å². The minimum Gasteiger partial charge on any atom is -0.348 e. The van der Waals surface area contributed by atoms with Crippen LogP contribution in [0, 0.1) is 0 Å². The fraction of sp³-hybridized carbons (Fsp3) is 0.500. The number of nitrogens with two attached hydrogens (primary N) is 1. The third-order valence-electron chi connectivity index (χ3n) is 2.74. The van der Waals surface area contributed by atoms with Crippen molar-refractivity contribution in [2.24, 2.45) is 5.73 Å². The molecule has 0 unspecified atom stereocenters. The average Bonchev–Trinajstić information content (AvgIpc) is 2.27. The SMILES string of the molecule is C[C@@H](CN)NC(=O)c1ccc(C(C)(C)C)cc1.Cl. The topological polar surface area (TPSA) is 55.1 Å². The molecule has 4 heteroatoms. The van der Waals surface area contributed by atoms with Crippen molar-refractivity contribution < 1.29 is 4.79 Å². The number of rotatable bonds is 3. The zero-order chi connectivity index (χ0) is 13.1. The Morgan fingerprint density at radius 1 is 1.28 bits per heavy atom. The minimum absolute atomic E-state index is 0. The van der Waals surface area contributed by atoms with Gasteiger partial charge in [0.15, 0.2) is 0 Å². The smallest absolute Gasteiger partial charge is 0.251 e. The first-order valence-corrected chi connectivity index (χ1v) is 5.96. The van der Waals surface area contributed by atoms with E-state index in [1.54, 1.807) is 0 Å². The molecule has 0 spiro atoms. The van der Waals surface area contributed by atoms with E-state index in [9.17, 15) is 4.79 Å². The maximum absolute atomic E-state index is 11.8. The number of hydrogen-bond donors (Lipinski definition) is 2. The lowest BCUT2D eigenvalue weighted by molar-refractivity contribution is 0.0941. The van der Waals surface area contributed by atoms with E-state index in [-0.39, 0.29) is 29.8 Å². The van der Waals surface area contributed by atoms with Crippen LogP contribution in [0.2, 0.25) is 0 Å². The van der Waals surface area contributed by atoms with Crippen LogP contribution < -0.4 is 11.1 Å². The third-order valence-corrected chi connectivity index (χ3v) is 2.74. The summed E-state index contributed by atoms with van der Waals surface area (Å²) in [5, 5.41) is 2.84. The van der Waals surface area contributed by atoms with Crippen LogP contribution in [0.15, 0.2) is 24.3 Å². The van der Waals surface area contributed by atoms with Crippen LogP contribution in [0.1, 0.15) is 43.6 Å². The first kappa shape index (κ1) is 16.9. The van der Waals surface area contributed by atoms with Gasteiger partial charge in [-0.15, -0.1) is 12.4 Å². The molecule has 0 heterocycles. The first-order valence-electron chi connectivity index (χ1n) is 5.96. The van der Waals surface area contributed by atoms with Gasteiger partial charge in [0, 0.05) is 18.2 Å². The summed E-state index contributed by atoms with van der Waals surface area (Å²) in [4.78, 5) is 11.8. The van der Waals surface area contributed by atoms with E-state index < -0.39 is 0 Å². The molecule has 0 fully saturated rings. The summed E-state index contributed by atoms with van der Waals surface area (Å²) in [5.41, 5.74) is 7.48. The van der Waals surface area contributed by atoms with Gasteiger partial charge in [-0.25, -0.2) is 0 Å². The van der Waals surface area contributed by atoms with Crippen LogP contribution in [-0.4, -0.2) is 18.5 Å². The Hall–Kier alpha value is -1.06.